The van der Waals surface area contributed by atoms with Crippen LogP contribution in [0.15, 0.2) is 72.8 Å². The summed E-state index contributed by atoms with van der Waals surface area (Å²) in [5.74, 6) is 0.197. The Morgan fingerprint density at radius 3 is 2.65 bits per heavy atom. The minimum atomic E-state index is -0.727. The van der Waals surface area contributed by atoms with E-state index >= 15 is 0 Å². The van der Waals surface area contributed by atoms with Crippen molar-refractivity contribution in [2.24, 2.45) is 5.73 Å². The number of nitrogens with two attached hydrogens (primary N) is 1. The van der Waals surface area contributed by atoms with Gasteiger partial charge in [0.15, 0.2) is 0 Å². The largest absolute Gasteiger partial charge is 0.507 e. The first kappa shape index (κ1) is 23.2. The summed E-state index contributed by atoms with van der Waals surface area (Å²) in [5.41, 5.74) is 8.15. The zero-order chi connectivity index (χ0) is 23.9. The summed E-state index contributed by atoms with van der Waals surface area (Å²) < 4.78 is 11.5. The molecule has 1 amide bonds. The fourth-order valence-corrected chi connectivity index (χ4v) is 3.59. The monoisotopic (exact) mass is 461 g/mol. The number of hydrogen-bond acceptors (Lipinski definition) is 6. The Labute approximate surface area is 196 Å². The van der Waals surface area contributed by atoms with Crippen LogP contribution in [-0.2, 0) is 0 Å². The van der Waals surface area contributed by atoms with Crippen LogP contribution in [0.3, 0.4) is 0 Å². The lowest BCUT2D eigenvalue weighted by molar-refractivity contribution is 0.0996. The molecule has 176 valence electrons. The lowest BCUT2D eigenvalue weighted by Crippen LogP contribution is -2.33. The number of amides is 1. The Morgan fingerprint density at radius 2 is 1.82 bits per heavy atom. The molecular formula is C26H27N3O5. The molecule has 0 fully saturated rings. The van der Waals surface area contributed by atoms with Gasteiger partial charge in [0.2, 0.25) is 0 Å². The van der Waals surface area contributed by atoms with Gasteiger partial charge in [0.25, 0.3) is 5.91 Å². The Morgan fingerprint density at radius 1 is 1.03 bits per heavy atom. The molecule has 1 aromatic heterocycles. The van der Waals surface area contributed by atoms with Crippen LogP contribution in [0.4, 0.5) is 0 Å². The summed E-state index contributed by atoms with van der Waals surface area (Å²) in [5, 5.41) is 24.2. The van der Waals surface area contributed by atoms with E-state index in [-0.39, 0.29) is 17.9 Å². The second-order valence-corrected chi connectivity index (χ2v) is 7.83. The number of para-hydroxylation sites is 2. The third kappa shape index (κ3) is 5.67. The van der Waals surface area contributed by atoms with Crippen LogP contribution in [0, 0.1) is 0 Å². The van der Waals surface area contributed by atoms with E-state index in [2.05, 4.69) is 22.4 Å². The SMILES string of the molecule is NC(=O)c1cc(OCCNCC(O)COc2ccccc2-c2cc3ccccc3[nH]2)ccc1O. The smallest absolute Gasteiger partial charge is 0.252 e. The average molecular weight is 462 g/mol. The predicted molar refractivity (Wildman–Crippen MR) is 130 cm³/mol. The molecule has 4 rings (SSSR count). The number of fused-ring (bicyclic) bond motifs is 1. The molecule has 0 aliphatic rings. The molecule has 8 heteroatoms. The number of hydrogen-bond donors (Lipinski definition) is 5. The molecule has 0 saturated heterocycles. The number of phenols is 1. The van der Waals surface area contributed by atoms with Crippen molar-refractivity contribution in [3.63, 3.8) is 0 Å². The van der Waals surface area contributed by atoms with Crippen LogP contribution >= 0.6 is 0 Å². The first-order chi connectivity index (χ1) is 16.5. The number of carbonyl (C=O) groups is 1. The van der Waals surface area contributed by atoms with Gasteiger partial charge in [-0.2, -0.15) is 0 Å². The lowest BCUT2D eigenvalue weighted by atomic mass is 10.1. The molecule has 1 unspecified atom stereocenters. The van der Waals surface area contributed by atoms with Gasteiger partial charge < -0.3 is 35.7 Å². The van der Waals surface area contributed by atoms with Gasteiger partial charge in [-0.05, 0) is 42.5 Å². The first-order valence-electron chi connectivity index (χ1n) is 11.0. The Balaban J connectivity index is 1.24. The second kappa shape index (κ2) is 10.7. The van der Waals surface area contributed by atoms with Crippen LogP contribution in [0.25, 0.3) is 22.2 Å². The maximum absolute atomic E-state index is 11.3. The molecular weight excluding hydrogens is 434 g/mol. The van der Waals surface area contributed by atoms with Gasteiger partial charge in [-0.15, -0.1) is 0 Å². The fourth-order valence-electron chi connectivity index (χ4n) is 3.59. The van der Waals surface area contributed by atoms with Gasteiger partial charge in [-0.25, -0.2) is 0 Å². The van der Waals surface area contributed by atoms with Crippen molar-refractivity contribution in [2.45, 2.75) is 6.10 Å². The predicted octanol–water partition coefficient (Wildman–Crippen LogP) is 3.05. The molecule has 0 bridgehead atoms. The van der Waals surface area contributed by atoms with Crippen molar-refractivity contribution in [3.05, 3.63) is 78.4 Å². The first-order valence-corrected chi connectivity index (χ1v) is 11.0. The number of rotatable bonds is 11. The van der Waals surface area contributed by atoms with Gasteiger partial charge in [-0.3, -0.25) is 4.79 Å². The average Bonchev–Trinajstić information content (AvgIpc) is 3.27. The van der Waals surface area contributed by atoms with E-state index in [0.717, 1.165) is 22.2 Å². The minimum Gasteiger partial charge on any atom is -0.507 e. The Hall–Kier alpha value is -4.01. The molecule has 0 radical (unpaired) electrons. The highest BCUT2D eigenvalue weighted by atomic mass is 16.5. The highest BCUT2D eigenvalue weighted by molar-refractivity contribution is 5.95. The number of ether oxygens (including phenoxy) is 2. The van der Waals surface area contributed by atoms with E-state index in [1.165, 1.54) is 12.1 Å². The maximum atomic E-state index is 11.3. The standard InChI is InChI=1S/C26H27N3O5/c27-26(32)21-14-19(9-10-24(21)31)33-12-11-28-15-18(30)16-34-25-8-4-2-6-20(25)23-13-17-5-1-3-7-22(17)29-23/h1-10,13-14,18,28-31H,11-12,15-16H2,(H2,27,32). The minimum absolute atomic E-state index is 0.00533. The summed E-state index contributed by atoms with van der Waals surface area (Å²) in [7, 11) is 0. The van der Waals surface area contributed by atoms with Gasteiger partial charge in [0.05, 0.1) is 11.3 Å². The summed E-state index contributed by atoms with van der Waals surface area (Å²) in [6.45, 7) is 1.22. The second-order valence-electron chi connectivity index (χ2n) is 7.83. The molecule has 0 spiro atoms. The summed E-state index contributed by atoms with van der Waals surface area (Å²) in [6, 6.07) is 22.2. The van der Waals surface area contributed by atoms with Crippen LogP contribution in [0.1, 0.15) is 10.4 Å². The molecule has 6 N–H and O–H groups in total. The summed E-state index contributed by atoms with van der Waals surface area (Å²) >= 11 is 0. The number of primary amides is 1. The van der Waals surface area contributed by atoms with E-state index in [1.807, 2.05) is 42.5 Å². The molecule has 0 aliphatic carbocycles. The summed E-state index contributed by atoms with van der Waals surface area (Å²) in [6.07, 6.45) is -0.717. The third-order valence-corrected chi connectivity index (χ3v) is 5.30. The van der Waals surface area contributed by atoms with E-state index in [1.54, 1.807) is 6.07 Å². The molecule has 0 aliphatic heterocycles. The number of nitrogens with one attached hydrogen (secondary N) is 2. The van der Waals surface area contributed by atoms with Gasteiger partial charge in [0.1, 0.15) is 36.6 Å². The topological polar surface area (TPSA) is 130 Å². The molecule has 1 heterocycles. The highest BCUT2D eigenvalue weighted by Crippen LogP contribution is 2.31. The zero-order valence-electron chi connectivity index (χ0n) is 18.5. The van der Waals surface area contributed by atoms with Crippen molar-refractivity contribution >= 4 is 16.8 Å². The van der Waals surface area contributed by atoms with Crippen molar-refractivity contribution in [2.75, 3.05) is 26.3 Å². The molecule has 4 aromatic rings. The number of benzene rings is 3. The number of aromatic amines is 1. The van der Waals surface area contributed by atoms with Crippen molar-refractivity contribution in [1.82, 2.24) is 10.3 Å². The molecule has 1 atom stereocenters. The van der Waals surface area contributed by atoms with E-state index in [4.69, 9.17) is 15.2 Å². The van der Waals surface area contributed by atoms with Crippen LogP contribution in [0.2, 0.25) is 0 Å². The molecule has 8 nitrogen and oxygen atoms in total. The number of aromatic nitrogens is 1. The van der Waals surface area contributed by atoms with E-state index in [9.17, 15) is 15.0 Å². The number of aromatic hydroxyl groups is 1. The third-order valence-electron chi connectivity index (χ3n) is 5.30. The van der Waals surface area contributed by atoms with E-state index in [0.29, 0.717) is 31.2 Å². The van der Waals surface area contributed by atoms with Crippen LogP contribution < -0.4 is 20.5 Å². The number of aliphatic hydroxyl groups is 1. The molecule has 0 saturated carbocycles. The van der Waals surface area contributed by atoms with Crippen LogP contribution in [-0.4, -0.2) is 53.5 Å². The number of aliphatic hydroxyl groups excluding tert-OH is 1. The van der Waals surface area contributed by atoms with Gasteiger partial charge in [-0.1, -0.05) is 30.3 Å². The maximum Gasteiger partial charge on any atom is 0.252 e. The molecule has 3 aromatic carbocycles. The highest BCUT2D eigenvalue weighted by Gasteiger charge is 2.12. The van der Waals surface area contributed by atoms with Crippen LogP contribution in [0.5, 0.6) is 17.2 Å². The normalized spacial score (nSPS) is 11.9. The fraction of sp³-hybridized carbons (Fsp3) is 0.192. The Bertz CT molecular complexity index is 1240. The number of H-pyrrole nitrogens is 1. The zero-order valence-corrected chi connectivity index (χ0v) is 18.5. The van der Waals surface area contributed by atoms with Crippen molar-refractivity contribution in [3.8, 4) is 28.5 Å². The van der Waals surface area contributed by atoms with Gasteiger partial charge in [0, 0.05) is 29.6 Å². The van der Waals surface area contributed by atoms with Crippen molar-refractivity contribution in [1.29, 1.82) is 0 Å². The molecule has 34 heavy (non-hydrogen) atoms. The quantitative estimate of drug-likeness (QED) is 0.218. The lowest BCUT2D eigenvalue weighted by Gasteiger charge is -2.15. The van der Waals surface area contributed by atoms with Crippen molar-refractivity contribution < 1.29 is 24.5 Å². The Kier molecular flexibility index (Phi) is 7.31. The summed E-state index contributed by atoms with van der Waals surface area (Å²) in [4.78, 5) is 14.7. The van der Waals surface area contributed by atoms with Gasteiger partial charge >= 0.3 is 0 Å². The number of carbonyl (C=O) groups excluding carboxylic acids is 1. The van der Waals surface area contributed by atoms with E-state index < -0.39 is 12.0 Å².